The molecule has 1 aliphatic rings. The summed E-state index contributed by atoms with van der Waals surface area (Å²) < 4.78 is 0. The molecule has 0 amide bonds. The molecule has 0 aromatic carbocycles. The molecule has 0 radical (unpaired) electrons. The molecule has 17 heavy (non-hydrogen) atoms. The first kappa shape index (κ1) is 14.5. The van der Waals surface area contributed by atoms with Crippen LogP contribution in [0.3, 0.4) is 0 Å². The molecule has 1 rings (SSSR count). The summed E-state index contributed by atoms with van der Waals surface area (Å²) in [6.07, 6.45) is 6.12. The summed E-state index contributed by atoms with van der Waals surface area (Å²) in [6.45, 7) is 4.64. The van der Waals surface area contributed by atoms with Crippen LogP contribution < -0.4 is 5.32 Å². The first-order chi connectivity index (χ1) is 8.13. The van der Waals surface area contributed by atoms with Crippen molar-refractivity contribution in [3.63, 3.8) is 0 Å². The van der Waals surface area contributed by atoms with Crippen LogP contribution in [0.5, 0.6) is 0 Å². The first-order valence-electron chi connectivity index (χ1n) is 6.78. The van der Waals surface area contributed by atoms with Gasteiger partial charge in [-0.15, -0.1) is 0 Å². The number of likely N-dealkylation sites (N-methyl/N-ethyl adjacent to an activating group) is 1. The van der Waals surface area contributed by atoms with E-state index in [9.17, 15) is 4.79 Å². The van der Waals surface area contributed by atoms with Gasteiger partial charge in [-0.1, -0.05) is 19.8 Å². The van der Waals surface area contributed by atoms with E-state index in [1.54, 1.807) is 0 Å². The summed E-state index contributed by atoms with van der Waals surface area (Å²) in [5.74, 6) is 0.100. The van der Waals surface area contributed by atoms with E-state index in [1.807, 2.05) is 6.92 Å². The smallest absolute Gasteiger partial charge is 0.320 e. The summed E-state index contributed by atoms with van der Waals surface area (Å²) in [6, 6.07) is -0.397. The lowest BCUT2D eigenvalue weighted by molar-refractivity contribution is -0.139. The van der Waals surface area contributed by atoms with Gasteiger partial charge in [-0.2, -0.15) is 0 Å². The highest BCUT2D eigenvalue weighted by Crippen LogP contribution is 2.25. The number of nitrogens with one attached hydrogen (secondary N) is 1. The van der Waals surface area contributed by atoms with Gasteiger partial charge in [0.2, 0.25) is 0 Å². The second-order valence-electron chi connectivity index (χ2n) is 5.15. The van der Waals surface area contributed by atoms with Crippen LogP contribution in [-0.4, -0.2) is 48.7 Å². The molecule has 0 heterocycles. The highest BCUT2D eigenvalue weighted by atomic mass is 16.4. The van der Waals surface area contributed by atoms with E-state index in [4.69, 9.17) is 5.11 Å². The Morgan fingerprint density at radius 2 is 2.12 bits per heavy atom. The van der Waals surface area contributed by atoms with Gasteiger partial charge < -0.3 is 15.3 Å². The predicted octanol–water partition coefficient (Wildman–Crippen LogP) is 1.56. The SMILES string of the molecule is CCNC(CCN(C)CC1CCCC1)C(=O)O. The molecule has 0 saturated heterocycles. The van der Waals surface area contributed by atoms with Crippen molar-refractivity contribution in [3.05, 3.63) is 0 Å². The second-order valence-corrected chi connectivity index (χ2v) is 5.15. The molecular formula is C13H26N2O2. The number of hydrogen-bond donors (Lipinski definition) is 2. The fourth-order valence-corrected chi connectivity index (χ4v) is 2.63. The first-order valence-corrected chi connectivity index (χ1v) is 6.78. The minimum atomic E-state index is -0.735. The van der Waals surface area contributed by atoms with Crippen molar-refractivity contribution in [2.75, 3.05) is 26.7 Å². The molecule has 4 nitrogen and oxygen atoms in total. The van der Waals surface area contributed by atoms with E-state index in [0.29, 0.717) is 13.0 Å². The molecule has 0 spiro atoms. The van der Waals surface area contributed by atoms with Gasteiger partial charge in [0.25, 0.3) is 0 Å². The summed E-state index contributed by atoms with van der Waals surface area (Å²) in [4.78, 5) is 13.2. The van der Waals surface area contributed by atoms with Gasteiger partial charge in [-0.05, 0) is 45.3 Å². The van der Waals surface area contributed by atoms with Gasteiger partial charge in [0.05, 0.1) is 0 Å². The molecule has 1 unspecified atom stereocenters. The summed E-state index contributed by atoms with van der Waals surface area (Å²) >= 11 is 0. The Morgan fingerprint density at radius 1 is 1.47 bits per heavy atom. The molecule has 4 heteroatoms. The minimum absolute atomic E-state index is 0.397. The van der Waals surface area contributed by atoms with Crippen molar-refractivity contribution < 1.29 is 9.90 Å². The molecule has 2 N–H and O–H groups in total. The van der Waals surface area contributed by atoms with E-state index >= 15 is 0 Å². The van der Waals surface area contributed by atoms with Crippen LogP contribution in [-0.2, 0) is 4.79 Å². The molecule has 100 valence electrons. The average molecular weight is 242 g/mol. The third-order valence-electron chi connectivity index (χ3n) is 3.59. The Balaban J connectivity index is 2.20. The average Bonchev–Trinajstić information content (AvgIpc) is 2.76. The third kappa shape index (κ3) is 5.50. The molecular weight excluding hydrogens is 216 g/mol. The number of nitrogens with zero attached hydrogens (tertiary/aromatic N) is 1. The minimum Gasteiger partial charge on any atom is -0.480 e. The Kier molecular flexibility index (Phi) is 6.52. The molecule has 1 saturated carbocycles. The molecule has 0 aromatic heterocycles. The molecule has 1 atom stereocenters. The fraction of sp³-hybridized carbons (Fsp3) is 0.923. The monoisotopic (exact) mass is 242 g/mol. The van der Waals surface area contributed by atoms with E-state index in [1.165, 1.54) is 25.7 Å². The van der Waals surface area contributed by atoms with Gasteiger partial charge in [0.1, 0.15) is 6.04 Å². The molecule has 0 aliphatic heterocycles. The zero-order valence-corrected chi connectivity index (χ0v) is 11.1. The highest BCUT2D eigenvalue weighted by molar-refractivity contribution is 5.73. The van der Waals surface area contributed by atoms with Crippen LogP contribution in [0.4, 0.5) is 0 Å². The van der Waals surface area contributed by atoms with Crippen molar-refractivity contribution in [1.29, 1.82) is 0 Å². The van der Waals surface area contributed by atoms with Crippen LogP contribution >= 0.6 is 0 Å². The number of aliphatic carboxylic acids is 1. The van der Waals surface area contributed by atoms with E-state index in [0.717, 1.165) is 19.0 Å². The highest BCUT2D eigenvalue weighted by Gasteiger charge is 2.19. The van der Waals surface area contributed by atoms with E-state index in [-0.39, 0.29) is 0 Å². The predicted molar refractivity (Wildman–Crippen MR) is 69.2 cm³/mol. The number of rotatable bonds is 8. The quantitative estimate of drug-likeness (QED) is 0.678. The molecule has 1 aliphatic carbocycles. The van der Waals surface area contributed by atoms with Gasteiger partial charge in [0.15, 0.2) is 0 Å². The third-order valence-corrected chi connectivity index (χ3v) is 3.59. The largest absolute Gasteiger partial charge is 0.480 e. The number of hydrogen-bond acceptors (Lipinski definition) is 3. The van der Waals surface area contributed by atoms with Crippen LogP contribution in [0.15, 0.2) is 0 Å². The lowest BCUT2D eigenvalue weighted by Crippen LogP contribution is -2.39. The van der Waals surface area contributed by atoms with Crippen molar-refractivity contribution in [2.45, 2.75) is 45.1 Å². The Morgan fingerprint density at radius 3 is 2.65 bits per heavy atom. The number of carboxylic acids is 1. The maximum Gasteiger partial charge on any atom is 0.320 e. The normalized spacial score (nSPS) is 18.8. The van der Waals surface area contributed by atoms with E-state index < -0.39 is 12.0 Å². The Labute approximate surface area is 104 Å². The fourth-order valence-electron chi connectivity index (χ4n) is 2.63. The molecule has 0 bridgehead atoms. The van der Waals surface area contributed by atoms with Crippen molar-refractivity contribution >= 4 is 5.97 Å². The van der Waals surface area contributed by atoms with Gasteiger partial charge in [-0.3, -0.25) is 4.79 Å². The van der Waals surface area contributed by atoms with E-state index in [2.05, 4.69) is 17.3 Å². The summed E-state index contributed by atoms with van der Waals surface area (Å²) in [5, 5.41) is 12.0. The number of carbonyl (C=O) groups is 1. The Hall–Kier alpha value is -0.610. The van der Waals surface area contributed by atoms with Crippen LogP contribution in [0.25, 0.3) is 0 Å². The number of carboxylic acid groups (broad SMARTS) is 1. The zero-order chi connectivity index (χ0) is 12.7. The standard InChI is InChI=1S/C13H26N2O2/c1-3-14-12(13(16)17)8-9-15(2)10-11-6-4-5-7-11/h11-12,14H,3-10H2,1-2H3,(H,16,17). The lowest BCUT2D eigenvalue weighted by atomic mass is 10.1. The van der Waals surface area contributed by atoms with Crippen LogP contribution in [0.1, 0.15) is 39.0 Å². The van der Waals surface area contributed by atoms with Crippen LogP contribution in [0, 0.1) is 5.92 Å². The molecule has 0 aromatic rings. The van der Waals surface area contributed by atoms with Gasteiger partial charge in [-0.25, -0.2) is 0 Å². The topological polar surface area (TPSA) is 52.6 Å². The zero-order valence-electron chi connectivity index (χ0n) is 11.1. The second kappa shape index (κ2) is 7.67. The molecule has 1 fully saturated rings. The summed E-state index contributed by atoms with van der Waals surface area (Å²) in [7, 11) is 2.10. The van der Waals surface area contributed by atoms with Crippen molar-refractivity contribution in [2.24, 2.45) is 5.92 Å². The maximum atomic E-state index is 11.0. The lowest BCUT2D eigenvalue weighted by Gasteiger charge is -2.22. The summed E-state index contributed by atoms with van der Waals surface area (Å²) in [5.41, 5.74) is 0. The maximum absolute atomic E-state index is 11.0. The van der Waals surface area contributed by atoms with Gasteiger partial charge >= 0.3 is 5.97 Å². The van der Waals surface area contributed by atoms with Crippen LogP contribution in [0.2, 0.25) is 0 Å². The van der Waals surface area contributed by atoms with Crippen molar-refractivity contribution in [1.82, 2.24) is 10.2 Å². The van der Waals surface area contributed by atoms with Crippen molar-refractivity contribution in [3.8, 4) is 0 Å². The Bertz CT molecular complexity index is 227. The van der Waals surface area contributed by atoms with Gasteiger partial charge in [0, 0.05) is 6.54 Å².